The molecule has 0 saturated carbocycles. The van der Waals surface area contributed by atoms with Crippen molar-refractivity contribution in [1.82, 2.24) is 14.4 Å². The molecule has 0 saturated heterocycles. The van der Waals surface area contributed by atoms with Gasteiger partial charge in [0.25, 0.3) is 0 Å². The van der Waals surface area contributed by atoms with Crippen LogP contribution in [0.15, 0.2) is 47.0 Å². The standard InChI is InChI=1S/C16H12ClN5S/c1-10-8-14(19-12-5-3-2-4-11(10)12)21-18-9-13-15(17)20-16-22(13)6-7-23-16/h2-9H,1H3,(H,19,21)/b18-9+. The van der Waals surface area contributed by atoms with E-state index in [4.69, 9.17) is 11.6 Å². The van der Waals surface area contributed by atoms with Crippen molar-refractivity contribution in [2.24, 2.45) is 5.10 Å². The zero-order valence-electron chi connectivity index (χ0n) is 12.2. The number of anilines is 1. The predicted octanol–water partition coefficient (Wildman–Crippen LogP) is 4.35. The van der Waals surface area contributed by atoms with Crippen LogP contribution in [-0.4, -0.2) is 20.6 Å². The molecule has 0 aliphatic carbocycles. The largest absolute Gasteiger partial charge is 0.288 e. The number of aryl methyl sites for hydroxylation is 1. The molecule has 0 aliphatic heterocycles. The minimum Gasteiger partial charge on any atom is -0.288 e. The van der Waals surface area contributed by atoms with Gasteiger partial charge in [-0.2, -0.15) is 5.10 Å². The van der Waals surface area contributed by atoms with E-state index in [2.05, 4.69) is 33.5 Å². The van der Waals surface area contributed by atoms with Crippen LogP contribution >= 0.6 is 22.9 Å². The van der Waals surface area contributed by atoms with E-state index in [1.807, 2.05) is 40.2 Å². The number of imidazole rings is 1. The molecule has 0 bridgehead atoms. The van der Waals surface area contributed by atoms with Gasteiger partial charge in [0.1, 0.15) is 11.5 Å². The Kier molecular flexibility index (Phi) is 3.48. The minimum atomic E-state index is 0.435. The van der Waals surface area contributed by atoms with Gasteiger partial charge in [-0.3, -0.25) is 9.83 Å². The van der Waals surface area contributed by atoms with E-state index in [0.29, 0.717) is 11.0 Å². The van der Waals surface area contributed by atoms with E-state index in [-0.39, 0.29) is 0 Å². The zero-order chi connectivity index (χ0) is 15.8. The van der Waals surface area contributed by atoms with E-state index in [1.165, 1.54) is 11.3 Å². The van der Waals surface area contributed by atoms with Crippen molar-refractivity contribution in [3.63, 3.8) is 0 Å². The van der Waals surface area contributed by atoms with Gasteiger partial charge in [-0.25, -0.2) is 9.97 Å². The molecule has 23 heavy (non-hydrogen) atoms. The maximum absolute atomic E-state index is 6.13. The fourth-order valence-electron chi connectivity index (χ4n) is 2.46. The maximum Gasteiger partial charge on any atom is 0.195 e. The highest BCUT2D eigenvalue weighted by Gasteiger charge is 2.08. The van der Waals surface area contributed by atoms with Crippen molar-refractivity contribution in [3.05, 3.63) is 58.3 Å². The molecule has 0 amide bonds. The van der Waals surface area contributed by atoms with Crippen molar-refractivity contribution < 1.29 is 0 Å². The first-order valence-electron chi connectivity index (χ1n) is 6.99. The van der Waals surface area contributed by atoms with Crippen molar-refractivity contribution in [1.29, 1.82) is 0 Å². The van der Waals surface area contributed by atoms with Crippen LogP contribution in [0.3, 0.4) is 0 Å². The van der Waals surface area contributed by atoms with E-state index < -0.39 is 0 Å². The van der Waals surface area contributed by atoms with Gasteiger partial charge in [-0.15, -0.1) is 11.3 Å². The predicted molar refractivity (Wildman–Crippen MR) is 95.8 cm³/mol. The lowest BCUT2D eigenvalue weighted by molar-refractivity contribution is 1.20. The number of hydrazone groups is 1. The van der Waals surface area contributed by atoms with E-state index in [1.54, 1.807) is 6.21 Å². The highest BCUT2D eigenvalue weighted by molar-refractivity contribution is 7.15. The molecule has 0 unspecified atom stereocenters. The number of fused-ring (bicyclic) bond motifs is 2. The Balaban J connectivity index is 1.64. The molecule has 7 heteroatoms. The van der Waals surface area contributed by atoms with E-state index >= 15 is 0 Å². The third-order valence-corrected chi connectivity index (χ3v) is 4.58. The van der Waals surface area contributed by atoms with Gasteiger partial charge >= 0.3 is 0 Å². The van der Waals surface area contributed by atoms with Gasteiger partial charge in [-0.05, 0) is 24.6 Å². The molecule has 1 aromatic carbocycles. The lowest BCUT2D eigenvalue weighted by Crippen LogP contribution is -1.97. The minimum absolute atomic E-state index is 0.435. The molecule has 3 heterocycles. The summed E-state index contributed by atoms with van der Waals surface area (Å²) in [5.74, 6) is 0.694. The number of benzene rings is 1. The summed E-state index contributed by atoms with van der Waals surface area (Å²) >= 11 is 7.66. The van der Waals surface area contributed by atoms with Gasteiger partial charge in [0, 0.05) is 17.0 Å². The number of para-hydroxylation sites is 1. The highest BCUT2D eigenvalue weighted by atomic mass is 35.5. The summed E-state index contributed by atoms with van der Waals surface area (Å²) < 4.78 is 1.90. The first-order chi connectivity index (χ1) is 11.2. The SMILES string of the molecule is Cc1cc(N/N=C/c2c(Cl)nc3sccn23)nc2ccccc12. The Bertz CT molecular complexity index is 1030. The monoisotopic (exact) mass is 341 g/mol. The Hall–Kier alpha value is -2.44. The van der Waals surface area contributed by atoms with Gasteiger partial charge in [-0.1, -0.05) is 29.8 Å². The van der Waals surface area contributed by atoms with Crippen LogP contribution in [0.2, 0.25) is 5.15 Å². The average molecular weight is 342 g/mol. The molecule has 1 N–H and O–H groups in total. The molecule has 4 rings (SSSR count). The number of pyridine rings is 1. The summed E-state index contributed by atoms with van der Waals surface area (Å²) in [6.07, 6.45) is 3.57. The number of nitrogens with one attached hydrogen (secondary N) is 1. The zero-order valence-corrected chi connectivity index (χ0v) is 13.8. The topological polar surface area (TPSA) is 54.6 Å². The van der Waals surface area contributed by atoms with Crippen LogP contribution in [0.25, 0.3) is 15.9 Å². The summed E-state index contributed by atoms with van der Waals surface area (Å²) in [4.78, 5) is 9.66. The third-order valence-electron chi connectivity index (χ3n) is 3.54. The van der Waals surface area contributed by atoms with Crippen LogP contribution in [0.1, 0.15) is 11.3 Å². The lowest BCUT2D eigenvalue weighted by Gasteiger charge is -2.05. The Morgan fingerprint density at radius 3 is 3.09 bits per heavy atom. The van der Waals surface area contributed by atoms with Crippen LogP contribution in [0.5, 0.6) is 0 Å². The Morgan fingerprint density at radius 1 is 1.30 bits per heavy atom. The Morgan fingerprint density at radius 2 is 2.17 bits per heavy atom. The average Bonchev–Trinajstić information content (AvgIpc) is 3.10. The molecule has 0 aliphatic rings. The van der Waals surface area contributed by atoms with Gasteiger partial charge in [0.15, 0.2) is 10.1 Å². The molecular weight excluding hydrogens is 330 g/mol. The Labute approximate surface area is 141 Å². The molecule has 5 nitrogen and oxygen atoms in total. The van der Waals surface area contributed by atoms with Crippen LogP contribution < -0.4 is 5.43 Å². The molecular formula is C16H12ClN5S. The second-order valence-corrected chi connectivity index (χ2v) is 6.29. The number of hydrogen-bond donors (Lipinski definition) is 1. The maximum atomic E-state index is 6.13. The molecule has 114 valence electrons. The lowest BCUT2D eigenvalue weighted by atomic mass is 10.1. The second-order valence-electron chi connectivity index (χ2n) is 5.05. The summed E-state index contributed by atoms with van der Waals surface area (Å²) in [5, 5.41) is 7.78. The quantitative estimate of drug-likeness (QED) is 0.445. The van der Waals surface area contributed by atoms with Crippen LogP contribution in [0.4, 0.5) is 5.82 Å². The van der Waals surface area contributed by atoms with Gasteiger partial charge < -0.3 is 0 Å². The molecule has 0 atom stereocenters. The van der Waals surface area contributed by atoms with Crippen molar-refractivity contribution in [2.45, 2.75) is 6.92 Å². The van der Waals surface area contributed by atoms with E-state index in [0.717, 1.165) is 27.1 Å². The van der Waals surface area contributed by atoms with E-state index in [9.17, 15) is 0 Å². The van der Waals surface area contributed by atoms with Crippen LogP contribution in [0, 0.1) is 6.92 Å². The first-order valence-corrected chi connectivity index (χ1v) is 8.24. The first kappa shape index (κ1) is 14.2. The van der Waals surface area contributed by atoms with Gasteiger partial charge in [0.2, 0.25) is 0 Å². The fourth-order valence-corrected chi connectivity index (χ4v) is 3.45. The molecule has 0 fully saturated rings. The smallest absolute Gasteiger partial charge is 0.195 e. The number of hydrogen-bond acceptors (Lipinski definition) is 5. The number of thiazole rings is 1. The number of nitrogens with zero attached hydrogens (tertiary/aromatic N) is 4. The van der Waals surface area contributed by atoms with Crippen molar-refractivity contribution in [3.8, 4) is 0 Å². The summed E-state index contributed by atoms with van der Waals surface area (Å²) in [6.45, 7) is 2.06. The van der Waals surface area contributed by atoms with Gasteiger partial charge in [0.05, 0.1) is 11.7 Å². The van der Waals surface area contributed by atoms with Crippen LogP contribution in [-0.2, 0) is 0 Å². The normalized spacial score (nSPS) is 11.7. The summed E-state index contributed by atoms with van der Waals surface area (Å²) in [6, 6.07) is 10.00. The van der Waals surface area contributed by atoms with Crippen molar-refractivity contribution in [2.75, 3.05) is 5.43 Å². The molecule has 3 aromatic heterocycles. The third kappa shape index (κ3) is 2.56. The fraction of sp³-hybridized carbons (Fsp3) is 0.0625. The molecule has 0 radical (unpaired) electrons. The highest BCUT2D eigenvalue weighted by Crippen LogP contribution is 2.21. The summed E-state index contributed by atoms with van der Waals surface area (Å²) in [7, 11) is 0. The second kappa shape index (κ2) is 5.64. The number of halogens is 1. The summed E-state index contributed by atoms with van der Waals surface area (Å²) in [5.41, 5.74) is 5.79. The number of rotatable bonds is 3. The number of aromatic nitrogens is 3. The van der Waals surface area contributed by atoms with Crippen molar-refractivity contribution >= 4 is 50.8 Å². The molecule has 0 spiro atoms. The molecule has 4 aromatic rings.